The van der Waals surface area contributed by atoms with E-state index in [1.807, 2.05) is 38.1 Å². The zero-order valence-corrected chi connectivity index (χ0v) is 20.4. The van der Waals surface area contributed by atoms with E-state index in [1.165, 1.54) is 11.1 Å². The Bertz CT molecular complexity index is 1050. The van der Waals surface area contributed by atoms with Crippen molar-refractivity contribution in [3.05, 3.63) is 59.7 Å². The van der Waals surface area contributed by atoms with Crippen molar-refractivity contribution in [1.82, 2.24) is 10.6 Å². The number of amides is 2. The molecule has 1 fully saturated rings. The van der Waals surface area contributed by atoms with E-state index in [2.05, 4.69) is 34.9 Å². The highest BCUT2D eigenvalue weighted by Crippen LogP contribution is 2.44. The summed E-state index contributed by atoms with van der Waals surface area (Å²) < 4.78 is 5.60. The minimum atomic E-state index is -0.818. The number of alkyl carbamates (subject to hydrolysis) is 1. The Labute approximate surface area is 206 Å². The first-order chi connectivity index (χ1) is 16.8. The number of benzene rings is 2. The Morgan fingerprint density at radius 2 is 1.66 bits per heavy atom. The van der Waals surface area contributed by atoms with Gasteiger partial charge in [-0.2, -0.15) is 0 Å². The molecule has 0 heterocycles. The Kier molecular flexibility index (Phi) is 7.43. The third kappa shape index (κ3) is 5.34. The predicted octanol–water partition coefficient (Wildman–Crippen LogP) is 4.70. The molecule has 2 amide bonds. The fourth-order valence-electron chi connectivity index (χ4n) is 5.19. The van der Waals surface area contributed by atoms with Gasteiger partial charge < -0.3 is 20.5 Å². The molecule has 3 N–H and O–H groups in total. The number of carboxylic acids is 1. The van der Waals surface area contributed by atoms with Gasteiger partial charge in [0, 0.05) is 18.5 Å². The van der Waals surface area contributed by atoms with Crippen molar-refractivity contribution in [2.75, 3.05) is 13.2 Å². The van der Waals surface area contributed by atoms with Crippen LogP contribution in [0.3, 0.4) is 0 Å². The van der Waals surface area contributed by atoms with Crippen LogP contribution < -0.4 is 10.6 Å². The van der Waals surface area contributed by atoms with E-state index in [1.54, 1.807) is 0 Å². The summed E-state index contributed by atoms with van der Waals surface area (Å²) in [5.74, 6) is -1.42. The molecule has 186 valence electrons. The second-order valence-corrected chi connectivity index (χ2v) is 9.97. The van der Waals surface area contributed by atoms with Crippen LogP contribution in [-0.4, -0.2) is 42.3 Å². The van der Waals surface area contributed by atoms with Crippen LogP contribution in [0.2, 0.25) is 0 Å². The van der Waals surface area contributed by atoms with Gasteiger partial charge in [0.05, 0.1) is 11.3 Å². The van der Waals surface area contributed by atoms with E-state index in [9.17, 15) is 19.5 Å². The zero-order valence-electron chi connectivity index (χ0n) is 20.4. The minimum Gasteiger partial charge on any atom is -0.481 e. The third-order valence-electron chi connectivity index (χ3n) is 7.65. The molecule has 1 saturated carbocycles. The third-order valence-corrected chi connectivity index (χ3v) is 7.65. The number of carbonyl (C=O) groups is 3. The van der Waals surface area contributed by atoms with Crippen molar-refractivity contribution in [2.45, 2.75) is 57.9 Å². The normalized spacial score (nSPS) is 20.7. The number of fused-ring (bicyclic) bond motifs is 3. The average molecular weight is 479 g/mol. The van der Waals surface area contributed by atoms with E-state index in [0.29, 0.717) is 19.3 Å². The van der Waals surface area contributed by atoms with Gasteiger partial charge in [0.15, 0.2) is 0 Å². The van der Waals surface area contributed by atoms with E-state index in [0.717, 1.165) is 24.0 Å². The van der Waals surface area contributed by atoms with Crippen molar-refractivity contribution in [3.8, 4) is 11.1 Å². The van der Waals surface area contributed by atoms with E-state index in [-0.39, 0.29) is 31.0 Å². The number of ether oxygens (including phenoxy) is 1. The highest BCUT2D eigenvalue weighted by Gasteiger charge is 2.36. The SMILES string of the molecule is CCC(C)(CNC(=O)OCC1c2ccccc2-c2ccccc21)C(=O)N[C@@H]1CCC[C@H](C(=O)O)C1. The lowest BCUT2D eigenvalue weighted by Crippen LogP contribution is -2.50. The molecule has 2 aromatic rings. The predicted molar refractivity (Wildman–Crippen MR) is 133 cm³/mol. The van der Waals surface area contributed by atoms with Gasteiger partial charge in [-0.1, -0.05) is 61.9 Å². The molecule has 4 rings (SSSR count). The molecule has 2 aliphatic rings. The number of carbonyl (C=O) groups excluding carboxylic acids is 2. The van der Waals surface area contributed by atoms with Gasteiger partial charge in [-0.05, 0) is 54.9 Å². The van der Waals surface area contributed by atoms with Gasteiger partial charge in [-0.15, -0.1) is 0 Å². The first-order valence-electron chi connectivity index (χ1n) is 12.4. The molecular formula is C28H34N2O5. The highest BCUT2D eigenvalue weighted by molar-refractivity contribution is 5.83. The number of nitrogens with one attached hydrogen (secondary N) is 2. The Morgan fingerprint density at radius 3 is 2.26 bits per heavy atom. The summed E-state index contributed by atoms with van der Waals surface area (Å²) in [6.45, 7) is 4.07. The fourth-order valence-corrected chi connectivity index (χ4v) is 5.19. The molecule has 2 aromatic carbocycles. The molecule has 2 aliphatic carbocycles. The molecule has 0 spiro atoms. The molecule has 7 heteroatoms. The highest BCUT2D eigenvalue weighted by atomic mass is 16.5. The number of aliphatic carboxylic acids is 1. The summed E-state index contributed by atoms with van der Waals surface area (Å²) in [6.07, 6.45) is 2.62. The first-order valence-corrected chi connectivity index (χ1v) is 12.4. The lowest BCUT2D eigenvalue weighted by molar-refractivity contribution is -0.143. The summed E-state index contributed by atoms with van der Waals surface area (Å²) in [4.78, 5) is 37.0. The largest absolute Gasteiger partial charge is 0.481 e. The number of rotatable bonds is 8. The molecule has 0 aliphatic heterocycles. The number of hydrogen-bond acceptors (Lipinski definition) is 4. The van der Waals surface area contributed by atoms with Crippen LogP contribution >= 0.6 is 0 Å². The Hall–Kier alpha value is -3.35. The van der Waals surface area contributed by atoms with Crippen LogP contribution in [0.1, 0.15) is 63.0 Å². The van der Waals surface area contributed by atoms with Crippen LogP contribution in [0.5, 0.6) is 0 Å². The summed E-state index contributed by atoms with van der Waals surface area (Å²) in [7, 11) is 0. The van der Waals surface area contributed by atoms with Gasteiger partial charge in [-0.3, -0.25) is 9.59 Å². The summed E-state index contributed by atoms with van der Waals surface area (Å²) in [5.41, 5.74) is 3.81. The topological polar surface area (TPSA) is 105 Å². The summed E-state index contributed by atoms with van der Waals surface area (Å²) >= 11 is 0. The average Bonchev–Trinajstić information content (AvgIpc) is 3.19. The van der Waals surface area contributed by atoms with Crippen molar-refractivity contribution in [2.24, 2.45) is 11.3 Å². The molecule has 3 atom stereocenters. The minimum absolute atomic E-state index is 0.0255. The lowest BCUT2D eigenvalue weighted by Gasteiger charge is -2.33. The van der Waals surface area contributed by atoms with Crippen molar-refractivity contribution >= 4 is 18.0 Å². The number of hydrogen-bond donors (Lipinski definition) is 3. The molecule has 35 heavy (non-hydrogen) atoms. The molecule has 7 nitrogen and oxygen atoms in total. The first kappa shape index (κ1) is 24.8. The van der Waals surface area contributed by atoms with Crippen LogP contribution in [0.25, 0.3) is 11.1 Å². The number of carboxylic acid groups (broad SMARTS) is 1. The van der Waals surface area contributed by atoms with Crippen LogP contribution in [0.15, 0.2) is 48.5 Å². The fraction of sp³-hybridized carbons (Fsp3) is 0.464. The molecule has 0 radical (unpaired) electrons. The lowest BCUT2D eigenvalue weighted by atomic mass is 9.83. The van der Waals surface area contributed by atoms with Gasteiger partial charge in [0.1, 0.15) is 6.61 Å². The summed E-state index contributed by atoms with van der Waals surface area (Å²) in [6, 6.07) is 16.2. The van der Waals surface area contributed by atoms with E-state index >= 15 is 0 Å². The quantitative estimate of drug-likeness (QED) is 0.510. The van der Waals surface area contributed by atoms with Gasteiger partial charge in [0.25, 0.3) is 0 Å². The molecule has 0 bridgehead atoms. The molecule has 1 unspecified atom stereocenters. The molecule has 0 aromatic heterocycles. The molecular weight excluding hydrogens is 444 g/mol. The summed E-state index contributed by atoms with van der Waals surface area (Å²) in [5, 5.41) is 15.1. The van der Waals surface area contributed by atoms with E-state index < -0.39 is 23.4 Å². The second-order valence-electron chi connectivity index (χ2n) is 9.97. The van der Waals surface area contributed by atoms with Crippen LogP contribution in [0.4, 0.5) is 4.79 Å². The van der Waals surface area contributed by atoms with Crippen molar-refractivity contribution in [3.63, 3.8) is 0 Å². The van der Waals surface area contributed by atoms with Crippen molar-refractivity contribution in [1.29, 1.82) is 0 Å². The van der Waals surface area contributed by atoms with Crippen LogP contribution in [-0.2, 0) is 14.3 Å². The second kappa shape index (κ2) is 10.5. The maximum atomic E-state index is 13.0. The Balaban J connectivity index is 1.32. The van der Waals surface area contributed by atoms with Gasteiger partial charge in [0.2, 0.25) is 5.91 Å². The standard InChI is InChI=1S/C28H34N2O5/c1-3-28(2,26(33)30-19-10-8-9-18(15-19)25(31)32)17-29-27(34)35-16-24-22-13-6-4-11-20(22)21-12-5-7-14-23(21)24/h4-7,11-14,18-19,24H,3,8-10,15-17H2,1-2H3,(H,29,34)(H,30,33)(H,31,32)/t18-,19+,28?/m0/s1. The Morgan fingerprint density at radius 1 is 1.03 bits per heavy atom. The maximum Gasteiger partial charge on any atom is 0.407 e. The molecule has 0 saturated heterocycles. The van der Waals surface area contributed by atoms with E-state index in [4.69, 9.17) is 4.74 Å². The maximum absolute atomic E-state index is 13.0. The monoisotopic (exact) mass is 478 g/mol. The van der Waals surface area contributed by atoms with Crippen molar-refractivity contribution < 1.29 is 24.2 Å². The smallest absolute Gasteiger partial charge is 0.407 e. The van der Waals surface area contributed by atoms with Crippen LogP contribution in [0, 0.1) is 11.3 Å². The zero-order chi connectivity index (χ0) is 25.0. The van der Waals surface area contributed by atoms with Gasteiger partial charge >= 0.3 is 12.1 Å². The van der Waals surface area contributed by atoms with Gasteiger partial charge in [-0.25, -0.2) is 4.79 Å².